The van der Waals surface area contributed by atoms with E-state index in [0.29, 0.717) is 0 Å². The molecule has 3 heterocycles. The summed E-state index contributed by atoms with van der Waals surface area (Å²) in [6.45, 7) is 2.93. The number of benzene rings is 3. The number of halogens is 1. The van der Waals surface area contributed by atoms with Crippen molar-refractivity contribution in [1.82, 2.24) is 9.91 Å². The molecule has 1 saturated heterocycles. The van der Waals surface area contributed by atoms with E-state index in [1.165, 1.54) is 11.1 Å². The third-order valence-corrected chi connectivity index (χ3v) is 7.74. The first-order valence-corrected chi connectivity index (χ1v) is 12.7. The SMILES string of the molecule is COc1cccc(C2=NN3[C@H](C2)c2cc(Br)ccc2OC32CCN(Cc3ccccc3)CC2)c1. The van der Waals surface area contributed by atoms with E-state index >= 15 is 0 Å². The molecular formula is C28H28BrN3O2. The quantitative estimate of drug-likeness (QED) is 0.425. The third-order valence-electron chi connectivity index (χ3n) is 7.25. The van der Waals surface area contributed by atoms with Crippen molar-refractivity contribution < 1.29 is 9.47 Å². The molecule has 1 atom stereocenters. The van der Waals surface area contributed by atoms with Crippen molar-refractivity contribution in [2.75, 3.05) is 20.2 Å². The van der Waals surface area contributed by atoms with E-state index in [-0.39, 0.29) is 6.04 Å². The summed E-state index contributed by atoms with van der Waals surface area (Å²) < 4.78 is 13.3. The standard InChI is InChI=1S/C28H28BrN3O2/c1-33-23-9-5-8-21(16-23)25-18-26-24-17-22(29)10-11-27(24)34-28(32(26)30-25)12-14-31(15-13-28)19-20-6-3-2-4-7-20/h2-11,16-17,26H,12-15,18-19H2,1H3/t26-/m1/s1. The Morgan fingerprint density at radius 2 is 1.85 bits per heavy atom. The van der Waals surface area contributed by atoms with Crippen molar-refractivity contribution in [3.63, 3.8) is 0 Å². The fraction of sp³-hybridized carbons (Fsp3) is 0.321. The molecule has 5 nitrogen and oxygen atoms in total. The highest BCUT2D eigenvalue weighted by molar-refractivity contribution is 9.10. The number of ether oxygens (including phenoxy) is 2. The maximum Gasteiger partial charge on any atom is 0.200 e. The second-order valence-electron chi connectivity index (χ2n) is 9.34. The third kappa shape index (κ3) is 3.89. The molecule has 3 aromatic rings. The summed E-state index contributed by atoms with van der Waals surface area (Å²) in [5.41, 5.74) is 4.34. The van der Waals surface area contributed by atoms with Gasteiger partial charge in [0.1, 0.15) is 11.5 Å². The van der Waals surface area contributed by atoms with Gasteiger partial charge < -0.3 is 9.47 Å². The zero-order chi connectivity index (χ0) is 23.1. The van der Waals surface area contributed by atoms with E-state index in [2.05, 4.69) is 86.5 Å². The van der Waals surface area contributed by atoms with E-state index in [1.54, 1.807) is 7.11 Å². The van der Waals surface area contributed by atoms with Crippen LogP contribution < -0.4 is 9.47 Å². The number of nitrogens with zero attached hydrogens (tertiary/aromatic N) is 3. The molecule has 6 rings (SSSR count). The topological polar surface area (TPSA) is 37.3 Å². The monoisotopic (exact) mass is 517 g/mol. The summed E-state index contributed by atoms with van der Waals surface area (Å²) in [4.78, 5) is 2.53. The van der Waals surface area contributed by atoms with Crippen LogP contribution in [0.3, 0.4) is 0 Å². The number of fused-ring (bicyclic) bond motifs is 4. The number of methoxy groups -OCH3 is 1. The van der Waals surface area contributed by atoms with Crippen LogP contribution in [0.2, 0.25) is 0 Å². The van der Waals surface area contributed by atoms with Gasteiger partial charge in [0.25, 0.3) is 0 Å². The molecule has 174 valence electrons. The molecule has 0 unspecified atom stereocenters. The molecule has 0 amide bonds. The number of hydrogen-bond donors (Lipinski definition) is 0. The summed E-state index contributed by atoms with van der Waals surface area (Å²) in [5, 5.41) is 7.48. The van der Waals surface area contributed by atoms with E-state index in [1.807, 2.05) is 12.1 Å². The van der Waals surface area contributed by atoms with Crippen molar-refractivity contribution in [2.45, 2.75) is 37.6 Å². The minimum absolute atomic E-state index is 0.170. The normalized spacial score (nSPS) is 20.9. The Bertz CT molecular complexity index is 1220. The minimum atomic E-state index is -0.417. The summed E-state index contributed by atoms with van der Waals surface area (Å²) in [7, 11) is 1.71. The van der Waals surface area contributed by atoms with E-state index in [9.17, 15) is 0 Å². The molecule has 6 heteroatoms. The first-order valence-electron chi connectivity index (χ1n) is 11.9. The van der Waals surface area contributed by atoms with Gasteiger partial charge in [-0.3, -0.25) is 4.90 Å². The van der Waals surface area contributed by atoms with Crippen LogP contribution in [0.1, 0.15) is 42.0 Å². The fourth-order valence-corrected chi connectivity index (χ4v) is 5.84. The smallest absolute Gasteiger partial charge is 0.200 e. The number of hydrogen-bond acceptors (Lipinski definition) is 5. The largest absolute Gasteiger partial charge is 0.497 e. The molecule has 3 aliphatic heterocycles. The zero-order valence-corrected chi connectivity index (χ0v) is 20.9. The van der Waals surface area contributed by atoms with Gasteiger partial charge in [-0.1, -0.05) is 58.4 Å². The van der Waals surface area contributed by atoms with E-state index < -0.39 is 5.72 Å². The first-order chi connectivity index (χ1) is 16.6. The van der Waals surface area contributed by atoms with Crippen molar-refractivity contribution in [1.29, 1.82) is 0 Å². The second kappa shape index (κ2) is 8.75. The van der Waals surface area contributed by atoms with Gasteiger partial charge in [-0.2, -0.15) is 5.10 Å². The molecule has 3 aliphatic rings. The first kappa shape index (κ1) is 21.7. The number of hydrazone groups is 1. The molecule has 1 fully saturated rings. The van der Waals surface area contributed by atoms with Gasteiger partial charge in [0.2, 0.25) is 5.72 Å². The highest BCUT2D eigenvalue weighted by Gasteiger charge is 2.51. The van der Waals surface area contributed by atoms with E-state index in [0.717, 1.165) is 66.1 Å². The molecule has 0 N–H and O–H groups in total. The van der Waals surface area contributed by atoms with Crippen LogP contribution in [0.5, 0.6) is 11.5 Å². The Morgan fingerprint density at radius 1 is 1.03 bits per heavy atom. The van der Waals surface area contributed by atoms with Crippen LogP contribution in [0, 0.1) is 0 Å². The average Bonchev–Trinajstić information content (AvgIpc) is 3.34. The summed E-state index contributed by atoms with van der Waals surface area (Å²) in [6, 6.07) is 25.5. The number of likely N-dealkylation sites (tertiary alicyclic amines) is 1. The predicted octanol–water partition coefficient (Wildman–Crippen LogP) is 5.99. The number of piperidine rings is 1. The average molecular weight is 518 g/mol. The maximum atomic E-state index is 6.80. The van der Waals surface area contributed by atoms with Crippen molar-refractivity contribution >= 4 is 21.6 Å². The summed E-state index contributed by atoms with van der Waals surface area (Å²) in [6.07, 6.45) is 2.69. The van der Waals surface area contributed by atoms with Crippen LogP contribution in [0.15, 0.2) is 82.4 Å². The molecule has 1 spiro atoms. The van der Waals surface area contributed by atoms with Crippen molar-refractivity contribution in [3.8, 4) is 11.5 Å². The van der Waals surface area contributed by atoms with E-state index in [4.69, 9.17) is 14.6 Å². The zero-order valence-electron chi connectivity index (χ0n) is 19.3. The lowest BCUT2D eigenvalue weighted by molar-refractivity contribution is -0.150. The van der Waals surface area contributed by atoms with Gasteiger partial charge in [-0.25, -0.2) is 5.01 Å². The Morgan fingerprint density at radius 3 is 2.65 bits per heavy atom. The highest BCUT2D eigenvalue weighted by atomic mass is 79.9. The Hall–Kier alpha value is -2.83. The molecule has 0 saturated carbocycles. The lowest BCUT2D eigenvalue weighted by Crippen LogP contribution is -2.59. The summed E-state index contributed by atoms with van der Waals surface area (Å²) in [5.74, 6) is 1.84. The van der Waals surface area contributed by atoms with Gasteiger partial charge in [0.15, 0.2) is 0 Å². The Labute approximate surface area is 209 Å². The molecular weight excluding hydrogens is 490 g/mol. The van der Waals surface area contributed by atoms with Gasteiger partial charge in [-0.05, 0) is 35.9 Å². The van der Waals surface area contributed by atoms with Crippen LogP contribution >= 0.6 is 15.9 Å². The fourth-order valence-electron chi connectivity index (χ4n) is 5.46. The summed E-state index contributed by atoms with van der Waals surface area (Å²) >= 11 is 3.66. The van der Waals surface area contributed by atoms with Crippen LogP contribution in [0.25, 0.3) is 0 Å². The minimum Gasteiger partial charge on any atom is -0.497 e. The van der Waals surface area contributed by atoms with Gasteiger partial charge in [0, 0.05) is 54.5 Å². The van der Waals surface area contributed by atoms with Crippen molar-refractivity contribution in [2.24, 2.45) is 5.10 Å². The van der Waals surface area contributed by atoms with Crippen molar-refractivity contribution in [3.05, 3.63) is 94.0 Å². The highest BCUT2D eigenvalue weighted by Crippen LogP contribution is 2.50. The number of rotatable bonds is 4. The molecule has 0 radical (unpaired) electrons. The van der Waals surface area contributed by atoms with Crippen LogP contribution in [-0.4, -0.2) is 41.5 Å². The van der Waals surface area contributed by atoms with Crippen LogP contribution in [0.4, 0.5) is 0 Å². The molecule has 0 aromatic heterocycles. The van der Waals surface area contributed by atoms with Gasteiger partial charge in [0.05, 0.1) is 18.9 Å². The Kier molecular flexibility index (Phi) is 5.58. The lowest BCUT2D eigenvalue weighted by atomic mass is 9.90. The predicted molar refractivity (Wildman–Crippen MR) is 137 cm³/mol. The second-order valence-corrected chi connectivity index (χ2v) is 10.3. The molecule has 0 bridgehead atoms. The van der Waals surface area contributed by atoms with Gasteiger partial charge in [-0.15, -0.1) is 0 Å². The molecule has 34 heavy (non-hydrogen) atoms. The van der Waals surface area contributed by atoms with Crippen LogP contribution in [-0.2, 0) is 6.54 Å². The Balaban J connectivity index is 1.31. The lowest BCUT2D eigenvalue weighted by Gasteiger charge is -2.51. The molecule has 0 aliphatic carbocycles. The van der Waals surface area contributed by atoms with Gasteiger partial charge >= 0.3 is 0 Å². The maximum absolute atomic E-state index is 6.80. The molecule has 3 aromatic carbocycles.